The van der Waals surface area contributed by atoms with Crippen LogP contribution in [0, 0.1) is 5.92 Å². The first kappa shape index (κ1) is 15.6. The Bertz CT molecular complexity index is 639. The van der Waals surface area contributed by atoms with Gasteiger partial charge in [0.25, 0.3) is 5.91 Å². The van der Waals surface area contributed by atoms with Gasteiger partial charge >= 0.3 is 0 Å². The van der Waals surface area contributed by atoms with Crippen LogP contribution in [0.5, 0.6) is 5.75 Å². The Morgan fingerprint density at radius 2 is 2.22 bits per heavy atom. The predicted octanol–water partition coefficient (Wildman–Crippen LogP) is 3.15. The summed E-state index contributed by atoms with van der Waals surface area (Å²) in [4.78, 5) is 12.1. The monoisotopic (exact) mass is 313 g/mol. The van der Waals surface area contributed by atoms with Gasteiger partial charge in [-0.25, -0.2) is 0 Å². The van der Waals surface area contributed by atoms with Crippen molar-refractivity contribution < 1.29 is 9.53 Å². The first-order valence-corrected chi connectivity index (χ1v) is 8.24. The summed E-state index contributed by atoms with van der Waals surface area (Å²) in [6, 6.07) is 7.97. The van der Waals surface area contributed by atoms with Gasteiger partial charge in [0.2, 0.25) is 0 Å². The van der Waals surface area contributed by atoms with Gasteiger partial charge in [0.05, 0.1) is 6.20 Å². The van der Waals surface area contributed by atoms with E-state index in [9.17, 15) is 4.79 Å². The second kappa shape index (κ2) is 7.31. The Morgan fingerprint density at radius 1 is 1.35 bits per heavy atom. The number of aromatic nitrogens is 2. The quantitative estimate of drug-likeness (QED) is 0.891. The van der Waals surface area contributed by atoms with Crippen LogP contribution < -0.4 is 10.1 Å². The minimum atomic E-state index is -0.0440. The average molecular weight is 313 g/mol. The molecule has 122 valence electrons. The lowest BCUT2D eigenvalue weighted by atomic mass is 9.86. The van der Waals surface area contributed by atoms with Crippen LogP contribution in [-0.4, -0.2) is 28.8 Å². The summed E-state index contributed by atoms with van der Waals surface area (Å²) in [6.07, 6.45) is 8.32. The summed E-state index contributed by atoms with van der Waals surface area (Å²) in [5, 5.41) is 9.84. The Labute approximate surface area is 136 Å². The van der Waals surface area contributed by atoms with E-state index in [1.807, 2.05) is 30.5 Å². The van der Waals surface area contributed by atoms with Gasteiger partial charge in [-0.1, -0.05) is 31.9 Å². The van der Waals surface area contributed by atoms with E-state index in [-0.39, 0.29) is 18.6 Å². The van der Waals surface area contributed by atoms with Crippen LogP contribution in [0.1, 0.15) is 32.6 Å². The van der Waals surface area contributed by atoms with Gasteiger partial charge in [-0.3, -0.25) is 9.89 Å². The maximum absolute atomic E-state index is 12.1. The number of hydrogen-bond acceptors (Lipinski definition) is 3. The zero-order valence-electron chi connectivity index (χ0n) is 13.4. The molecule has 2 N–H and O–H groups in total. The van der Waals surface area contributed by atoms with E-state index in [2.05, 4.69) is 22.4 Å². The molecule has 23 heavy (non-hydrogen) atoms. The highest BCUT2D eigenvalue weighted by atomic mass is 16.5. The number of amides is 1. The Balaban J connectivity index is 1.54. The van der Waals surface area contributed by atoms with E-state index in [4.69, 9.17) is 4.74 Å². The van der Waals surface area contributed by atoms with E-state index in [0.717, 1.165) is 17.5 Å². The van der Waals surface area contributed by atoms with Gasteiger partial charge in [0.15, 0.2) is 6.61 Å². The van der Waals surface area contributed by atoms with Crippen molar-refractivity contribution in [1.29, 1.82) is 0 Å². The molecular weight excluding hydrogens is 290 g/mol. The maximum atomic E-state index is 12.1. The lowest BCUT2D eigenvalue weighted by molar-refractivity contribution is -0.124. The largest absolute Gasteiger partial charge is 0.484 e. The van der Waals surface area contributed by atoms with Gasteiger partial charge < -0.3 is 10.1 Å². The Kier molecular flexibility index (Phi) is 4.95. The van der Waals surface area contributed by atoms with E-state index < -0.39 is 0 Å². The molecule has 1 amide bonds. The predicted molar refractivity (Wildman–Crippen MR) is 89.1 cm³/mol. The summed E-state index contributed by atoms with van der Waals surface area (Å²) in [5.41, 5.74) is 2.01. The number of ether oxygens (including phenoxy) is 1. The molecule has 1 saturated carbocycles. The highest BCUT2D eigenvalue weighted by Crippen LogP contribution is 2.24. The van der Waals surface area contributed by atoms with Crippen LogP contribution >= 0.6 is 0 Å². The molecule has 5 heteroatoms. The third kappa shape index (κ3) is 4.12. The fourth-order valence-corrected chi connectivity index (χ4v) is 3.10. The van der Waals surface area contributed by atoms with E-state index in [1.54, 1.807) is 6.20 Å². The smallest absolute Gasteiger partial charge is 0.258 e. The van der Waals surface area contributed by atoms with Gasteiger partial charge in [-0.05, 0) is 36.5 Å². The lowest BCUT2D eigenvalue weighted by Crippen LogP contribution is -2.43. The standard InChI is InChI=1S/C18H23N3O2/c1-13-5-2-3-8-17(13)21-18(22)12-23-16-7-4-6-14(9-16)15-10-19-20-11-15/h4,6-7,9-11,13,17H,2-3,5,8,12H2,1H3,(H,19,20)(H,21,22)/t13-,17+/m0/s1. The second-order valence-electron chi connectivity index (χ2n) is 6.24. The van der Waals surface area contributed by atoms with Crippen LogP contribution in [0.4, 0.5) is 0 Å². The summed E-state index contributed by atoms with van der Waals surface area (Å²) in [5.74, 6) is 1.20. The SMILES string of the molecule is C[C@H]1CCCC[C@H]1NC(=O)COc1cccc(-c2cn[nH]c2)c1. The van der Waals surface area contributed by atoms with E-state index in [0.29, 0.717) is 11.7 Å². The molecule has 1 heterocycles. The number of hydrogen-bond donors (Lipinski definition) is 2. The molecule has 0 saturated heterocycles. The second-order valence-corrected chi connectivity index (χ2v) is 6.24. The van der Waals surface area contributed by atoms with Crippen molar-refractivity contribution in [3.63, 3.8) is 0 Å². The van der Waals surface area contributed by atoms with Crippen LogP contribution in [0.15, 0.2) is 36.7 Å². The van der Waals surface area contributed by atoms with Crippen molar-refractivity contribution in [3.05, 3.63) is 36.7 Å². The molecule has 0 spiro atoms. The average Bonchev–Trinajstić information content (AvgIpc) is 3.10. The molecule has 5 nitrogen and oxygen atoms in total. The molecule has 1 aliphatic carbocycles. The Hall–Kier alpha value is -2.30. The van der Waals surface area contributed by atoms with Crippen molar-refractivity contribution in [3.8, 4) is 16.9 Å². The molecule has 1 aromatic heterocycles. The number of benzene rings is 1. The van der Waals surface area contributed by atoms with Gasteiger partial charge in [-0.15, -0.1) is 0 Å². The van der Waals surface area contributed by atoms with E-state index in [1.165, 1.54) is 19.3 Å². The molecule has 1 aliphatic rings. The van der Waals surface area contributed by atoms with Crippen LogP contribution in [0.2, 0.25) is 0 Å². The fraction of sp³-hybridized carbons (Fsp3) is 0.444. The zero-order chi connectivity index (χ0) is 16.1. The number of nitrogens with one attached hydrogen (secondary N) is 2. The number of H-pyrrole nitrogens is 1. The summed E-state index contributed by atoms with van der Waals surface area (Å²) >= 11 is 0. The number of aromatic amines is 1. The minimum Gasteiger partial charge on any atom is -0.484 e. The first-order chi connectivity index (χ1) is 11.2. The molecule has 0 unspecified atom stereocenters. The fourth-order valence-electron chi connectivity index (χ4n) is 3.10. The van der Waals surface area contributed by atoms with Crippen molar-refractivity contribution in [2.45, 2.75) is 38.6 Å². The highest BCUT2D eigenvalue weighted by molar-refractivity contribution is 5.78. The molecular formula is C18H23N3O2. The molecule has 1 aromatic carbocycles. The third-order valence-corrected chi connectivity index (χ3v) is 4.49. The molecule has 2 atom stereocenters. The number of nitrogens with zero attached hydrogens (tertiary/aromatic N) is 1. The van der Waals surface area contributed by atoms with Crippen molar-refractivity contribution >= 4 is 5.91 Å². The number of carbonyl (C=O) groups is 1. The molecule has 3 rings (SSSR count). The summed E-state index contributed by atoms with van der Waals surface area (Å²) in [6.45, 7) is 2.26. The molecule has 0 aliphatic heterocycles. The topological polar surface area (TPSA) is 67.0 Å². The van der Waals surface area contributed by atoms with Gasteiger partial charge in [0.1, 0.15) is 5.75 Å². The lowest BCUT2D eigenvalue weighted by Gasteiger charge is -2.29. The Morgan fingerprint density at radius 3 is 3.00 bits per heavy atom. The third-order valence-electron chi connectivity index (χ3n) is 4.49. The molecule has 2 aromatic rings. The van der Waals surface area contributed by atoms with E-state index >= 15 is 0 Å². The molecule has 0 radical (unpaired) electrons. The van der Waals surface area contributed by atoms with Gasteiger partial charge in [-0.2, -0.15) is 5.10 Å². The summed E-state index contributed by atoms with van der Waals surface area (Å²) < 4.78 is 5.64. The van der Waals surface area contributed by atoms with Gasteiger partial charge in [0, 0.05) is 17.8 Å². The molecule has 1 fully saturated rings. The minimum absolute atomic E-state index is 0.0440. The summed E-state index contributed by atoms with van der Waals surface area (Å²) in [7, 11) is 0. The van der Waals surface area contributed by atoms with Crippen LogP contribution in [-0.2, 0) is 4.79 Å². The normalized spacial score (nSPS) is 20.9. The maximum Gasteiger partial charge on any atom is 0.258 e. The van der Waals surface area contributed by atoms with Crippen LogP contribution in [0.25, 0.3) is 11.1 Å². The van der Waals surface area contributed by atoms with Crippen LogP contribution in [0.3, 0.4) is 0 Å². The number of carbonyl (C=O) groups excluding carboxylic acids is 1. The van der Waals surface area contributed by atoms with Crippen molar-refractivity contribution in [2.24, 2.45) is 5.92 Å². The first-order valence-electron chi connectivity index (χ1n) is 8.24. The molecule has 0 bridgehead atoms. The van der Waals surface area contributed by atoms with Crippen molar-refractivity contribution in [1.82, 2.24) is 15.5 Å². The highest BCUT2D eigenvalue weighted by Gasteiger charge is 2.22. The number of rotatable bonds is 5. The van der Waals surface area contributed by atoms with Crippen molar-refractivity contribution in [2.75, 3.05) is 6.61 Å². The zero-order valence-corrected chi connectivity index (χ0v) is 13.4.